The highest BCUT2D eigenvalue weighted by molar-refractivity contribution is 8.00. The molecule has 80 valence electrons. The van der Waals surface area contributed by atoms with Crippen LogP contribution in [0.2, 0.25) is 0 Å². The summed E-state index contributed by atoms with van der Waals surface area (Å²) in [6.45, 7) is 2.13. The van der Waals surface area contributed by atoms with Gasteiger partial charge >= 0.3 is 0 Å². The number of carbonyl (C=O) groups excluding carboxylic acids is 1. The normalized spacial score (nSPS) is 34.1. The molecule has 0 bridgehead atoms. The summed E-state index contributed by atoms with van der Waals surface area (Å²) in [4.78, 5) is 13.4. The molecule has 1 aromatic rings. The minimum Gasteiger partial charge on any atom is -0.319 e. The van der Waals surface area contributed by atoms with Crippen LogP contribution in [0.15, 0.2) is 0 Å². The van der Waals surface area contributed by atoms with Gasteiger partial charge in [-0.15, -0.1) is 22.0 Å². The molecule has 6 nitrogen and oxygen atoms in total. The van der Waals surface area contributed by atoms with Gasteiger partial charge in [0.25, 0.3) is 0 Å². The van der Waals surface area contributed by atoms with E-state index in [9.17, 15) is 4.79 Å². The van der Waals surface area contributed by atoms with Crippen LogP contribution >= 0.6 is 11.8 Å². The van der Waals surface area contributed by atoms with Crippen molar-refractivity contribution in [1.29, 1.82) is 0 Å². The lowest BCUT2D eigenvalue weighted by Gasteiger charge is -2.36. The van der Waals surface area contributed by atoms with E-state index in [1.807, 2.05) is 16.7 Å². The lowest BCUT2D eigenvalue weighted by Crippen LogP contribution is -2.49. The number of rotatable bonds is 2. The monoisotopic (exact) mass is 225 g/mol. The minimum atomic E-state index is 0.0185. The van der Waals surface area contributed by atoms with Crippen LogP contribution in [0.5, 0.6) is 0 Å². The van der Waals surface area contributed by atoms with E-state index in [1.54, 1.807) is 0 Å². The third-order valence-corrected chi connectivity index (χ3v) is 4.61. The van der Waals surface area contributed by atoms with Gasteiger partial charge in [0.05, 0.1) is 11.8 Å². The smallest absolute Gasteiger partial charge is 0.227 e. The Morgan fingerprint density at radius 2 is 2.53 bits per heavy atom. The second-order valence-electron chi connectivity index (χ2n) is 3.76. The number of carbonyl (C=O) groups is 1. The van der Waals surface area contributed by atoms with Crippen LogP contribution in [-0.4, -0.2) is 42.1 Å². The van der Waals surface area contributed by atoms with Crippen molar-refractivity contribution >= 4 is 17.7 Å². The number of hydrogen-bond donors (Lipinski definition) is 1. The Morgan fingerprint density at radius 1 is 1.67 bits per heavy atom. The molecule has 3 heterocycles. The van der Waals surface area contributed by atoms with Crippen LogP contribution in [0.25, 0.3) is 0 Å². The van der Waals surface area contributed by atoms with Crippen molar-refractivity contribution in [2.45, 2.75) is 36.4 Å². The van der Waals surface area contributed by atoms with E-state index >= 15 is 0 Å². The average molecular weight is 225 g/mol. The Hall–Kier alpha value is -1.11. The number of amides is 1. The number of nitrogens with one attached hydrogen (secondary N) is 1. The highest BCUT2D eigenvalue weighted by Crippen LogP contribution is 2.51. The molecule has 2 fully saturated rings. The third kappa shape index (κ3) is 1.19. The van der Waals surface area contributed by atoms with E-state index in [2.05, 4.69) is 27.5 Å². The SMILES string of the molecule is CCC1S[C@@H]2CC(=O)N2C1c1nn[nH]n1. The number of thioether (sulfide) groups is 1. The molecule has 0 saturated carbocycles. The lowest BCUT2D eigenvalue weighted by atomic mass is 10.0. The number of H-pyrrole nitrogens is 1. The maximum atomic E-state index is 11.5. The van der Waals surface area contributed by atoms with Crippen LogP contribution < -0.4 is 0 Å². The summed E-state index contributed by atoms with van der Waals surface area (Å²) in [5.41, 5.74) is 0. The zero-order valence-electron chi connectivity index (χ0n) is 8.25. The van der Waals surface area contributed by atoms with Crippen LogP contribution in [0.1, 0.15) is 31.6 Å². The molecule has 2 aliphatic heterocycles. The van der Waals surface area contributed by atoms with Crippen molar-refractivity contribution in [2.75, 3.05) is 0 Å². The molecular weight excluding hydrogens is 214 g/mol. The minimum absolute atomic E-state index is 0.0185. The molecule has 15 heavy (non-hydrogen) atoms. The fourth-order valence-corrected chi connectivity index (χ4v) is 3.83. The van der Waals surface area contributed by atoms with Crippen molar-refractivity contribution in [2.24, 2.45) is 0 Å². The van der Waals surface area contributed by atoms with Crippen LogP contribution in [0, 0.1) is 0 Å². The van der Waals surface area contributed by atoms with Gasteiger partial charge in [0, 0.05) is 5.25 Å². The quantitative estimate of drug-likeness (QED) is 0.734. The van der Waals surface area contributed by atoms with E-state index in [1.165, 1.54) is 0 Å². The Labute approximate surface area is 90.8 Å². The van der Waals surface area contributed by atoms with E-state index in [0.29, 0.717) is 22.9 Å². The standard InChI is InChI=1S/C8H11N5OS/c1-2-4-7(8-9-11-12-10-8)13-5(14)3-6(13)15-4/h4,6-7H,2-3H2,1H3,(H,9,10,11,12)/t4?,6-,7?/m1/s1. The van der Waals surface area contributed by atoms with Gasteiger partial charge in [-0.1, -0.05) is 12.1 Å². The summed E-state index contributed by atoms with van der Waals surface area (Å²) in [5, 5.41) is 14.7. The van der Waals surface area contributed by atoms with Crippen molar-refractivity contribution in [3.05, 3.63) is 5.82 Å². The maximum absolute atomic E-state index is 11.5. The van der Waals surface area contributed by atoms with Gasteiger partial charge in [0.15, 0.2) is 5.82 Å². The number of hydrogen-bond acceptors (Lipinski definition) is 5. The molecule has 0 aliphatic carbocycles. The number of fused-ring (bicyclic) bond motifs is 1. The van der Waals surface area contributed by atoms with E-state index in [4.69, 9.17) is 0 Å². The zero-order valence-corrected chi connectivity index (χ0v) is 9.07. The summed E-state index contributed by atoms with van der Waals surface area (Å²) in [7, 11) is 0. The summed E-state index contributed by atoms with van der Waals surface area (Å²) in [6.07, 6.45) is 1.68. The van der Waals surface area contributed by atoms with Crippen molar-refractivity contribution < 1.29 is 4.79 Å². The number of tetrazole rings is 1. The Balaban J connectivity index is 1.93. The molecular formula is C8H11N5OS. The number of nitrogens with zero attached hydrogens (tertiary/aromatic N) is 4. The molecule has 3 rings (SSSR count). The van der Waals surface area contributed by atoms with Crippen molar-refractivity contribution in [3.63, 3.8) is 0 Å². The first kappa shape index (κ1) is 9.14. The molecule has 2 saturated heterocycles. The van der Waals surface area contributed by atoms with Gasteiger partial charge < -0.3 is 4.90 Å². The molecule has 3 atom stereocenters. The van der Waals surface area contributed by atoms with Crippen LogP contribution in [-0.2, 0) is 4.79 Å². The fraction of sp³-hybridized carbons (Fsp3) is 0.750. The van der Waals surface area contributed by atoms with Gasteiger partial charge in [-0.25, -0.2) is 0 Å². The van der Waals surface area contributed by atoms with Gasteiger partial charge in [0.1, 0.15) is 6.04 Å². The maximum Gasteiger partial charge on any atom is 0.227 e. The second kappa shape index (κ2) is 3.19. The second-order valence-corrected chi connectivity index (χ2v) is 5.18. The molecule has 1 amide bonds. The first-order valence-corrected chi connectivity index (χ1v) is 5.95. The summed E-state index contributed by atoms with van der Waals surface area (Å²) >= 11 is 1.85. The van der Waals surface area contributed by atoms with Gasteiger partial charge in [-0.05, 0) is 6.42 Å². The Bertz CT molecular complexity index is 380. The van der Waals surface area contributed by atoms with Gasteiger partial charge in [-0.2, -0.15) is 5.21 Å². The number of aromatic nitrogens is 4. The molecule has 0 aromatic carbocycles. The summed E-state index contributed by atoms with van der Waals surface area (Å²) < 4.78 is 0. The van der Waals surface area contributed by atoms with Crippen LogP contribution in [0.3, 0.4) is 0 Å². The summed E-state index contributed by atoms with van der Waals surface area (Å²) in [5.74, 6) is 0.850. The summed E-state index contributed by atoms with van der Waals surface area (Å²) in [6, 6.07) is 0.0185. The number of β-lactam (4-membered cyclic amide) rings is 1. The van der Waals surface area contributed by atoms with E-state index < -0.39 is 0 Å². The molecule has 2 aliphatic rings. The molecule has 2 unspecified atom stereocenters. The van der Waals surface area contributed by atoms with Crippen molar-refractivity contribution in [3.8, 4) is 0 Å². The number of aromatic amines is 1. The Kier molecular flexibility index (Phi) is 1.95. The first-order chi connectivity index (χ1) is 7.31. The third-order valence-electron chi connectivity index (χ3n) is 2.96. The molecule has 1 aromatic heterocycles. The largest absolute Gasteiger partial charge is 0.319 e. The zero-order chi connectivity index (χ0) is 10.4. The molecule has 0 radical (unpaired) electrons. The predicted molar refractivity (Wildman–Crippen MR) is 53.8 cm³/mol. The van der Waals surface area contributed by atoms with Crippen LogP contribution in [0.4, 0.5) is 0 Å². The molecule has 7 heteroatoms. The average Bonchev–Trinajstić information content (AvgIpc) is 2.81. The predicted octanol–water partition coefficient (Wildman–Crippen LogP) is 0.325. The highest BCUT2D eigenvalue weighted by Gasteiger charge is 2.52. The fourth-order valence-electron chi connectivity index (χ4n) is 2.21. The van der Waals surface area contributed by atoms with Crippen molar-refractivity contribution in [1.82, 2.24) is 25.5 Å². The first-order valence-electron chi connectivity index (χ1n) is 5.01. The van der Waals surface area contributed by atoms with E-state index in [0.717, 1.165) is 6.42 Å². The van der Waals surface area contributed by atoms with Gasteiger partial charge in [-0.3, -0.25) is 4.79 Å². The van der Waals surface area contributed by atoms with Gasteiger partial charge in [0.2, 0.25) is 5.91 Å². The highest BCUT2D eigenvalue weighted by atomic mass is 32.2. The van der Waals surface area contributed by atoms with E-state index in [-0.39, 0.29) is 11.9 Å². The molecule has 0 spiro atoms. The lowest BCUT2D eigenvalue weighted by molar-refractivity contribution is -0.144. The Morgan fingerprint density at radius 3 is 3.13 bits per heavy atom. The molecule has 1 N–H and O–H groups in total. The topological polar surface area (TPSA) is 74.8 Å².